The largest absolute Gasteiger partial charge is 0.365 e. The van der Waals surface area contributed by atoms with Gasteiger partial charge in [-0.25, -0.2) is 9.50 Å². The van der Waals surface area contributed by atoms with Crippen molar-refractivity contribution in [2.45, 2.75) is 32.7 Å². The first kappa shape index (κ1) is 16.7. The number of hydrogen-bond donors (Lipinski definition) is 1. The van der Waals surface area contributed by atoms with Gasteiger partial charge in [0, 0.05) is 18.6 Å². The second kappa shape index (κ2) is 6.05. The molecule has 1 unspecified atom stereocenters. The molecule has 0 spiro atoms. The maximum absolute atomic E-state index is 12.9. The van der Waals surface area contributed by atoms with Crippen molar-refractivity contribution in [3.05, 3.63) is 29.7 Å². The Morgan fingerprint density at radius 2 is 2.21 bits per heavy atom. The Morgan fingerprint density at radius 3 is 2.88 bits per heavy atom. The maximum Gasteiger partial charge on any atom is 0.254 e. The van der Waals surface area contributed by atoms with Crippen molar-refractivity contribution in [2.24, 2.45) is 11.1 Å². The summed E-state index contributed by atoms with van der Waals surface area (Å²) < 4.78 is 1.60. The lowest BCUT2D eigenvalue weighted by Gasteiger charge is -2.32. The van der Waals surface area contributed by atoms with Crippen LogP contribution in [0.1, 0.15) is 48.8 Å². The van der Waals surface area contributed by atoms with Gasteiger partial charge in [-0.1, -0.05) is 0 Å². The number of fused-ring (bicyclic) bond motifs is 1. The van der Waals surface area contributed by atoms with E-state index in [1.54, 1.807) is 10.7 Å². The van der Waals surface area contributed by atoms with Gasteiger partial charge in [-0.15, -0.1) is 11.6 Å². The fourth-order valence-corrected chi connectivity index (χ4v) is 3.21. The number of carbonyl (C=O) groups is 2. The van der Waals surface area contributed by atoms with Crippen molar-refractivity contribution in [3.8, 4) is 0 Å². The number of aromatic nitrogens is 3. The molecule has 24 heavy (non-hydrogen) atoms. The first-order chi connectivity index (χ1) is 11.4. The highest BCUT2D eigenvalue weighted by atomic mass is 35.5. The number of likely N-dealkylation sites (tertiary alicyclic amines) is 1. The van der Waals surface area contributed by atoms with Gasteiger partial charge < -0.3 is 10.6 Å². The van der Waals surface area contributed by atoms with Gasteiger partial charge in [0.1, 0.15) is 5.56 Å². The zero-order valence-corrected chi connectivity index (χ0v) is 14.5. The Hall–Kier alpha value is -2.15. The highest BCUT2D eigenvalue weighted by molar-refractivity contribution is 6.19. The van der Waals surface area contributed by atoms with Crippen LogP contribution in [0.25, 0.3) is 5.65 Å². The molecule has 0 bridgehead atoms. The molecule has 128 valence electrons. The Morgan fingerprint density at radius 1 is 1.46 bits per heavy atom. The molecule has 1 saturated heterocycles. The predicted octanol–water partition coefficient (Wildman–Crippen LogP) is 1.76. The van der Waals surface area contributed by atoms with E-state index in [0.717, 1.165) is 18.5 Å². The minimum Gasteiger partial charge on any atom is -0.365 e. The van der Waals surface area contributed by atoms with Gasteiger partial charge in [0.15, 0.2) is 5.65 Å². The van der Waals surface area contributed by atoms with Crippen LogP contribution in [0.3, 0.4) is 0 Å². The third-order valence-electron chi connectivity index (χ3n) is 4.46. The van der Waals surface area contributed by atoms with Crippen molar-refractivity contribution in [2.75, 3.05) is 12.4 Å². The minimum absolute atomic E-state index is 0.0206. The van der Waals surface area contributed by atoms with Crippen molar-refractivity contribution in [1.82, 2.24) is 19.5 Å². The average Bonchev–Trinajstić information content (AvgIpc) is 3.20. The van der Waals surface area contributed by atoms with Crippen LogP contribution in [0, 0.1) is 5.41 Å². The fraction of sp³-hybridized carbons (Fsp3) is 0.500. The molecule has 2 aromatic rings. The van der Waals surface area contributed by atoms with E-state index in [1.807, 2.05) is 24.8 Å². The number of rotatable bonds is 4. The standard InChI is InChI=1S/C16H20ClN5O2/c1-16(2,9-17)15(24)21-7-3-4-11(21)12-5-6-19-14-10(13(18)23)8-20-22(12)14/h5-6,8,11H,3-4,7,9H2,1-2H3,(H2,18,23). The summed E-state index contributed by atoms with van der Waals surface area (Å²) in [6.07, 6.45) is 4.77. The van der Waals surface area contributed by atoms with E-state index in [1.165, 1.54) is 6.20 Å². The third-order valence-corrected chi connectivity index (χ3v) is 5.13. The summed E-state index contributed by atoms with van der Waals surface area (Å²) in [5.41, 5.74) is 6.25. The molecule has 3 rings (SSSR count). The topological polar surface area (TPSA) is 93.6 Å². The molecule has 1 aliphatic rings. The van der Waals surface area contributed by atoms with Gasteiger partial charge in [0.2, 0.25) is 5.91 Å². The molecule has 7 nitrogen and oxygen atoms in total. The first-order valence-corrected chi connectivity index (χ1v) is 8.40. The molecule has 1 fully saturated rings. The third kappa shape index (κ3) is 2.62. The van der Waals surface area contributed by atoms with Crippen molar-refractivity contribution in [3.63, 3.8) is 0 Å². The van der Waals surface area contributed by atoms with E-state index < -0.39 is 11.3 Å². The summed E-state index contributed by atoms with van der Waals surface area (Å²) in [7, 11) is 0. The molecule has 0 aliphatic carbocycles. The van der Waals surface area contributed by atoms with E-state index in [9.17, 15) is 9.59 Å². The summed E-state index contributed by atoms with van der Waals surface area (Å²) in [5.74, 6) is -0.293. The molecule has 1 atom stereocenters. The fourth-order valence-electron chi connectivity index (χ4n) is 3.10. The average molecular weight is 350 g/mol. The SMILES string of the molecule is CC(C)(CCl)C(=O)N1CCCC1c1ccnc2c(C(N)=O)cnn12. The van der Waals surface area contributed by atoms with E-state index in [-0.39, 0.29) is 23.4 Å². The number of halogens is 1. The Kier molecular flexibility index (Phi) is 4.21. The molecule has 1 aliphatic heterocycles. The summed E-state index contributed by atoms with van der Waals surface area (Å²) >= 11 is 5.97. The van der Waals surface area contributed by atoms with E-state index in [0.29, 0.717) is 12.2 Å². The predicted molar refractivity (Wildman–Crippen MR) is 89.7 cm³/mol. The van der Waals surface area contributed by atoms with Crippen LogP contribution < -0.4 is 5.73 Å². The zero-order valence-electron chi connectivity index (χ0n) is 13.7. The molecule has 2 amide bonds. The quantitative estimate of drug-likeness (QED) is 0.851. The van der Waals surface area contributed by atoms with Crippen LogP contribution in [0.5, 0.6) is 0 Å². The van der Waals surface area contributed by atoms with Crippen LogP contribution in [0.15, 0.2) is 18.5 Å². The normalized spacial score (nSPS) is 18.3. The monoisotopic (exact) mass is 349 g/mol. The molecular formula is C16H20ClN5O2. The van der Waals surface area contributed by atoms with Gasteiger partial charge in [-0.3, -0.25) is 9.59 Å². The molecule has 2 N–H and O–H groups in total. The van der Waals surface area contributed by atoms with Gasteiger partial charge >= 0.3 is 0 Å². The lowest BCUT2D eigenvalue weighted by molar-refractivity contribution is -0.140. The van der Waals surface area contributed by atoms with Gasteiger partial charge in [-0.2, -0.15) is 5.10 Å². The Bertz CT molecular complexity index is 801. The lowest BCUT2D eigenvalue weighted by atomic mass is 9.93. The smallest absolute Gasteiger partial charge is 0.254 e. The zero-order chi connectivity index (χ0) is 17.5. The number of hydrogen-bond acceptors (Lipinski definition) is 4. The Balaban J connectivity index is 2.03. The molecule has 0 radical (unpaired) electrons. The van der Waals surface area contributed by atoms with Crippen molar-refractivity contribution in [1.29, 1.82) is 0 Å². The van der Waals surface area contributed by atoms with Crippen LogP contribution in [-0.4, -0.2) is 43.7 Å². The lowest BCUT2D eigenvalue weighted by Crippen LogP contribution is -2.41. The molecule has 0 saturated carbocycles. The van der Waals surface area contributed by atoms with E-state index in [4.69, 9.17) is 17.3 Å². The first-order valence-electron chi connectivity index (χ1n) is 7.86. The number of carbonyl (C=O) groups excluding carboxylic acids is 2. The van der Waals surface area contributed by atoms with Crippen molar-refractivity contribution < 1.29 is 9.59 Å². The van der Waals surface area contributed by atoms with Crippen LogP contribution in [0.2, 0.25) is 0 Å². The molecule has 8 heteroatoms. The number of primary amides is 1. The number of nitrogens with zero attached hydrogens (tertiary/aromatic N) is 4. The summed E-state index contributed by atoms with van der Waals surface area (Å²) in [4.78, 5) is 30.4. The highest BCUT2D eigenvalue weighted by Gasteiger charge is 2.39. The maximum atomic E-state index is 12.9. The molecule has 3 heterocycles. The second-order valence-electron chi connectivity index (χ2n) is 6.70. The van der Waals surface area contributed by atoms with Crippen molar-refractivity contribution >= 4 is 29.1 Å². The highest BCUT2D eigenvalue weighted by Crippen LogP contribution is 2.35. The minimum atomic E-state index is -0.626. The summed E-state index contributed by atoms with van der Waals surface area (Å²) in [6.45, 7) is 4.37. The van der Waals surface area contributed by atoms with E-state index >= 15 is 0 Å². The number of amides is 2. The Labute approximate surface area is 144 Å². The van der Waals surface area contributed by atoms with Gasteiger partial charge in [0.05, 0.1) is 23.3 Å². The van der Waals surface area contributed by atoms with Gasteiger partial charge in [0.25, 0.3) is 5.91 Å². The van der Waals surface area contributed by atoms with Crippen LogP contribution in [-0.2, 0) is 4.79 Å². The van der Waals surface area contributed by atoms with E-state index in [2.05, 4.69) is 10.1 Å². The number of alkyl halides is 1. The van der Waals surface area contributed by atoms with Crippen LogP contribution >= 0.6 is 11.6 Å². The summed E-state index contributed by atoms with van der Waals surface area (Å²) in [5, 5.41) is 4.25. The molecule has 2 aromatic heterocycles. The molecular weight excluding hydrogens is 330 g/mol. The van der Waals surface area contributed by atoms with Gasteiger partial charge in [-0.05, 0) is 32.8 Å². The summed E-state index contributed by atoms with van der Waals surface area (Å²) in [6, 6.07) is 1.71. The number of nitrogens with two attached hydrogens (primary N) is 1. The molecule has 0 aromatic carbocycles. The second-order valence-corrected chi connectivity index (χ2v) is 6.97. The van der Waals surface area contributed by atoms with Crippen LogP contribution in [0.4, 0.5) is 0 Å².